The Morgan fingerprint density at radius 1 is 1.33 bits per heavy atom. The van der Waals surface area contributed by atoms with E-state index in [1.165, 1.54) is 12.2 Å². The van der Waals surface area contributed by atoms with E-state index in [1.807, 2.05) is 0 Å². The molecule has 0 heterocycles. The fourth-order valence-corrected chi connectivity index (χ4v) is 0.668. The van der Waals surface area contributed by atoms with Crippen LogP contribution in [0.25, 0.3) is 0 Å². The summed E-state index contributed by atoms with van der Waals surface area (Å²) < 4.78 is 34.9. The number of hydrogen-bond donors (Lipinski definition) is 0. The van der Waals surface area contributed by atoms with Gasteiger partial charge in [0.25, 0.3) is 0 Å². The average Bonchev–Trinajstić information content (AvgIpc) is 2.08. The van der Waals surface area contributed by atoms with Crippen molar-refractivity contribution in [2.24, 2.45) is 0 Å². The highest BCUT2D eigenvalue weighted by Crippen LogP contribution is 2.29. The van der Waals surface area contributed by atoms with E-state index in [-0.39, 0.29) is 0 Å². The van der Waals surface area contributed by atoms with Crippen molar-refractivity contribution in [3.05, 3.63) is 23.8 Å². The van der Waals surface area contributed by atoms with Gasteiger partial charge in [-0.25, -0.2) is 0 Å². The van der Waals surface area contributed by atoms with Gasteiger partial charge in [-0.1, -0.05) is 18.2 Å². The van der Waals surface area contributed by atoms with Crippen LogP contribution in [0.3, 0.4) is 0 Å². The lowest BCUT2D eigenvalue weighted by Crippen LogP contribution is -2.08. The zero-order valence-corrected chi connectivity index (χ0v) is 4.57. The molecule has 0 unspecified atom stereocenters. The van der Waals surface area contributed by atoms with E-state index in [0.717, 1.165) is 6.08 Å². The Bertz CT molecular complexity index is 162. The zero-order valence-electron chi connectivity index (χ0n) is 4.57. The summed E-state index contributed by atoms with van der Waals surface area (Å²) in [5.74, 6) is 0. The van der Waals surface area contributed by atoms with Crippen molar-refractivity contribution >= 4 is 0 Å². The summed E-state index contributed by atoms with van der Waals surface area (Å²) in [4.78, 5) is 0. The van der Waals surface area contributed by atoms with Crippen LogP contribution in [0.4, 0.5) is 13.2 Å². The maximum absolute atomic E-state index is 11.6. The van der Waals surface area contributed by atoms with Gasteiger partial charge in [-0.05, 0) is 6.42 Å². The first-order valence-electron chi connectivity index (χ1n) is 2.54. The Balaban J connectivity index is 2.73. The molecule has 0 aliphatic heterocycles. The van der Waals surface area contributed by atoms with Crippen LogP contribution in [-0.4, -0.2) is 6.18 Å². The second-order valence-corrected chi connectivity index (χ2v) is 1.80. The van der Waals surface area contributed by atoms with Crippen molar-refractivity contribution < 1.29 is 13.2 Å². The van der Waals surface area contributed by atoms with Gasteiger partial charge in [0.2, 0.25) is 0 Å². The Hall–Kier alpha value is -0.730. The van der Waals surface area contributed by atoms with Crippen LogP contribution in [0.2, 0.25) is 0 Å². The lowest BCUT2D eigenvalue weighted by atomic mass is 10.3. The van der Waals surface area contributed by atoms with Crippen molar-refractivity contribution in [1.82, 2.24) is 0 Å². The van der Waals surface area contributed by atoms with Crippen LogP contribution >= 0.6 is 0 Å². The zero-order chi connectivity index (χ0) is 6.91. The molecule has 1 aliphatic carbocycles. The van der Waals surface area contributed by atoms with Crippen molar-refractivity contribution in [3.8, 4) is 0 Å². The fraction of sp³-hybridized carbons (Fsp3) is 0.333. The van der Waals surface area contributed by atoms with Gasteiger partial charge in [-0.2, -0.15) is 13.2 Å². The Kier molecular flexibility index (Phi) is 1.35. The molecule has 0 spiro atoms. The highest BCUT2D eigenvalue weighted by molar-refractivity contribution is 5.29. The normalized spacial score (nSPS) is 18.3. The van der Waals surface area contributed by atoms with Crippen LogP contribution in [-0.2, 0) is 0 Å². The first kappa shape index (κ1) is 6.39. The predicted octanol–water partition coefficient (Wildman–Crippen LogP) is 2.44. The maximum atomic E-state index is 11.6. The van der Waals surface area contributed by atoms with Crippen LogP contribution < -0.4 is 0 Å². The van der Waals surface area contributed by atoms with Crippen LogP contribution in [0.1, 0.15) is 6.42 Å². The van der Waals surface area contributed by atoms with Crippen LogP contribution in [0.15, 0.2) is 23.8 Å². The molecule has 0 saturated carbocycles. The fourth-order valence-electron chi connectivity index (χ4n) is 0.668. The summed E-state index contributed by atoms with van der Waals surface area (Å²) >= 11 is 0. The third-order valence-corrected chi connectivity index (χ3v) is 1.10. The number of rotatable bonds is 0. The maximum Gasteiger partial charge on any atom is 0.416 e. The van der Waals surface area contributed by atoms with Gasteiger partial charge in [0.15, 0.2) is 0 Å². The molecule has 0 radical (unpaired) electrons. The molecule has 3 heteroatoms. The number of hydrogen-bond acceptors (Lipinski definition) is 0. The van der Waals surface area contributed by atoms with Crippen molar-refractivity contribution in [3.63, 3.8) is 0 Å². The first-order valence-corrected chi connectivity index (χ1v) is 2.54. The summed E-state index contributed by atoms with van der Waals surface area (Å²) in [6.07, 6.45) is 0.0185. The summed E-state index contributed by atoms with van der Waals surface area (Å²) in [5, 5.41) is 0. The molecule has 0 nitrogen and oxygen atoms in total. The van der Waals surface area contributed by atoms with Crippen molar-refractivity contribution in [2.75, 3.05) is 0 Å². The van der Waals surface area contributed by atoms with Gasteiger partial charge in [0, 0.05) is 0 Å². The Labute approximate surface area is 50.7 Å². The lowest BCUT2D eigenvalue weighted by Gasteiger charge is -2.02. The van der Waals surface area contributed by atoms with Gasteiger partial charge < -0.3 is 0 Å². The van der Waals surface area contributed by atoms with E-state index in [2.05, 4.69) is 0 Å². The third kappa shape index (κ3) is 1.34. The van der Waals surface area contributed by atoms with E-state index >= 15 is 0 Å². The van der Waals surface area contributed by atoms with Crippen molar-refractivity contribution in [2.45, 2.75) is 12.6 Å². The van der Waals surface area contributed by atoms with Gasteiger partial charge in [-0.15, -0.1) is 0 Å². The minimum absolute atomic E-state index is 0.412. The lowest BCUT2D eigenvalue weighted by molar-refractivity contribution is -0.0880. The Morgan fingerprint density at radius 3 is 2.22 bits per heavy atom. The Morgan fingerprint density at radius 2 is 2.00 bits per heavy atom. The molecule has 0 aromatic carbocycles. The molecule has 0 fully saturated rings. The largest absolute Gasteiger partial charge is 0.416 e. The molecular weight excluding hydrogens is 129 g/mol. The molecule has 0 saturated heterocycles. The smallest absolute Gasteiger partial charge is 0.166 e. The van der Waals surface area contributed by atoms with Gasteiger partial charge in [0.1, 0.15) is 0 Å². The van der Waals surface area contributed by atoms with E-state index in [9.17, 15) is 13.2 Å². The molecule has 0 amide bonds. The molecule has 0 aromatic heterocycles. The van der Waals surface area contributed by atoms with Crippen LogP contribution in [0.5, 0.6) is 0 Å². The second-order valence-electron chi connectivity index (χ2n) is 1.80. The number of allylic oxidation sites excluding steroid dienone is 4. The summed E-state index contributed by atoms with van der Waals surface area (Å²) in [7, 11) is 0. The number of halogens is 3. The van der Waals surface area contributed by atoms with E-state index < -0.39 is 11.7 Å². The van der Waals surface area contributed by atoms with E-state index in [4.69, 9.17) is 0 Å². The minimum Gasteiger partial charge on any atom is -0.166 e. The monoisotopic (exact) mass is 134 g/mol. The van der Waals surface area contributed by atoms with Crippen molar-refractivity contribution in [1.29, 1.82) is 0 Å². The van der Waals surface area contributed by atoms with Gasteiger partial charge in [-0.3, -0.25) is 0 Å². The highest BCUT2D eigenvalue weighted by Gasteiger charge is 2.32. The summed E-state index contributed by atoms with van der Waals surface area (Å²) in [5.41, 5.74) is -0.525. The standard InChI is InChI=1S/C6H5F3/c7-6(8,9)5-3-1-2-4-5/h1,3-4H,2H2. The first-order chi connectivity index (χ1) is 4.11. The molecule has 1 aliphatic rings. The average molecular weight is 134 g/mol. The highest BCUT2D eigenvalue weighted by atomic mass is 19.4. The minimum atomic E-state index is -4.15. The van der Waals surface area contributed by atoms with Crippen LogP contribution in [0, 0.1) is 0 Å². The molecule has 0 aromatic rings. The number of alkyl halides is 3. The molecule has 0 atom stereocenters. The van der Waals surface area contributed by atoms with Gasteiger partial charge >= 0.3 is 6.18 Å². The predicted molar refractivity (Wildman–Crippen MR) is 27.9 cm³/mol. The summed E-state index contributed by atoms with van der Waals surface area (Å²) in [6.45, 7) is 0. The second kappa shape index (κ2) is 1.90. The third-order valence-electron chi connectivity index (χ3n) is 1.10. The van der Waals surface area contributed by atoms with E-state index in [0.29, 0.717) is 6.42 Å². The van der Waals surface area contributed by atoms with E-state index in [1.54, 1.807) is 0 Å². The molecular formula is C6H5F3. The molecule has 50 valence electrons. The topological polar surface area (TPSA) is 0 Å². The summed E-state index contributed by atoms with van der Waals surface area (Å²) in [6, 6.07) is 0. The van der Waals surface area contributed by atoms with Gasteiger partial charge in [0.05, 0.1) is 5.57 Å². The quantitative estimate of drug-likeness (QED) is 0.477. The molecule has 0 N–H and O–H groups in total. The molecule has 0 bridgehead atoms. The SMILES string of the molecule is FC(F)(F)C1=CCC=C1. The molecule has 1 rings (SSSR count). The molecule has 9 heavy (non-hydrogen) atoms.